The van der Waals surface area contributed by atoms with Crippen LogP contribution in [0.3, 0.4) is 0 Å². The quantitative estimate of drug-likeness (QED) is 0.342. The van der Waals surface area contributed by atoms with E-state index in [-0.39, 0.29) is 41.4 Å². The molecule has 0 spiro atoms. The Morgan fingerprint density at radius 3 is 2.54 bits per heavy atom. The van der Waals surface area contributed by atoms with E-state index < -0.39 is 0 Å². The molecule has 1 unspecified atom stereocenters. The summed E-state index contributed by atoms with van der Waals surface area (Å²) in [5, 5.41) is 6.65. The minimum absolute atomic E-state index is 0. The molecule has 1 fully saturated rings. The van der Waals surface area contributed by atoms with Crippen molar-refractivity contribution in [1.82, 2.24) is 15.5 Å². The zero-order valence-electron chi connectivity index (χ0n) is 17.7. The lowest BCUT2D eigenvalue weighted by atomic mass is 9.84. The summed E-state index contributed by atoms with van der Waals surface area (Å²) in [6, 6.07) is 8.04. The Labute approximate surface area is 186 Å². The number of rotatable bonds is 7. The summed E-state index contributed by atoms with van der Waals surface area (Å²) in [4.78, 5) is 18.7. The van der Waals surface area contributed by atoms with Crippen LogP contribution in [-0.4, -0.2) is 57.1 Å². The van der Waals surface area contributed by atoms with Gasteiger partial charge in [0.1, 0.15) is 11.9 Å². The fourth-order valence-corrected chi connectivity index (χ4v) is 3.67. The van der Waals surface area contributed by atoms with Crippen LogP contribution in [0.1, 0.15) is 38.2 Å². The van der Waals surface area contributed by atoms with Gasteiger partial charge >= 0.3 is 0 Å². The molecule has 1 aromatic rings. The molecular formula is C21H35IN4O2. The lowest BCUT2D eigenvalue weighted by Gasteiger charge is -2.31. The second kappa shape index (κ2) is 11.5. The van der Waals surface area contributed by atoms with E-state index in [0.29, 0.717) is 19.0 Å². The molecule has 0 saturated heterocycles. The molecule has 0 aromatic heterocycles. The topological polar surface area (TPSA) is 66.0 Å². The van der Waals surface area contributed by atoms with Crippen molar-refractivity contribution >= 4 is 35.8 Å². The zero-order valence-corrected chi connectivity index (χ0v) is 20.1. The summed E-state index contributed by atoms with van der Waals surface area (Å²) in [7, 11) is 5.41. The van der Waals surface area contributed by atoms with E-state index in [2.05, 4.69) is 28.6 Å². The molecule has 28 heavy (non-hydrogen) atoms. The molecule has 1 aromatic carbocycles. The van der Waals surface area contributed by atoms with Crippen LogP contribution in [0.4, 0.5) is 0 Å². The third-order valence-electron chi connectivity index (χ3n) is 5.12. The highest BCUT2D eigenvalue weighted by molar-refractivity contribution is 14.0. The van der Waals surface area contributed by atoms with Crippen molar-refractivity contribution in [2.45, 2.75) is 45.6 Å². The van der Waals surface area contributed by atoms with Crippen molar-refractivity contribution in [3.05, 3.63) is 29.8 Å². The molecule has 1 saturated carbocycles. The van der Waals surface area contributed by atoms with Gasteiger partial charge in [-0.25, -0.2) is 0 Å². The highest BCUT2D eigenvalue weighted by atomic mass is 127. The number of carbonyl (C=O) groups excluding carboxylic acids is 1. The van der Waals surface area contributed by atoms with Crippen molar-refractivity contribution in [2.24, 2.45) is 10.4 Å². The van der Waals surface area contributed by atoms with Crippen LogP contribution in [0.2, 0.25) is 0 Å². The third-order valence-corrected chi connectivity index (χ3v) is 5.12. The van der Waals surface area contributed by atoms with Gasteiger partial charge in [0.2, 0.25) is 5.91 Å². The number of halogens is 1. The second-order valence-electron chi connectivity index (χ2n) is 7.74. The number of benzene rings is 1. The summed E-state index contributed by atoms with van der Waals surface area (Å²) >= 11 is 0. The summed E-state index contributed by atoms with van der Waals surface area (Å²) < 4.78 is 5.95. The van der Waals surface area contributed by atoms with Gasteiger partial charge in [-0.1, -0.05) is 25.0 Å². The van der Waals surface area contributed by atoms with Crippen LogP contribution in [0, 0.1) is 12.3 Å². The Hall–Kier alpha value is -1.51. The van der Waals surface area contributed by atoms with Crippen LogP contribution < -0.4 is 15.4 Å². The van der Waals surface area contributed by atoms with Crippen LogP contribution in [0.15, 0.2) is 29.3 Å². The first kappa shape index (κ1) is 24.5. The highest BCUT2D eigenvalue weighted by Crippen LogP contribution is 2.38. The highest BCUT2D eigenvalue weighted by Gasteiger charge is 2.42. The van der Waals surface area contributed by atoms with E-state index in [0.717, 1.165) is 31.4 Å². The maximum Gasteiger partial charge on any atom is 0.230 e. The fraction of sp³-hybridized carbons (Fsp3) is 0.619. The largest absolute Gasteiger partial charge is 0.489 e. The molecule has 6 nitrogen and oxygen atoms in total. The van der Waals surface area contributed by atoms with E-state index in [9.17, 15) is 4.79 Å². The van der Waals surface area contributed by atoms with Crippen molar-refractivity contribution < 1.29 is 9.53 Å². The van der Waals surface area contributed by atoms with Crippen molar-refractivity contribution in [2.75, 3.05) is 34.2 Å². The zero-order chi connectivity index (χ0) is 19.9. The lowest BCUT2D eigenvalue weighted by Crippen LogP contribution is -2.50. The van der Waals surface area contributed by atoms with E-state index in [4.69, 9.17) is 4.74 Å². The number of carbonyl (C=O) groups is 1. The van der Waals surface area contributed by atoms with Crippen molar-refractivity contribution in [3.63, 3.8) is 0 Å². The Kier molecular flexibility index (Phi) is 10.1. The van der Waals surface area contributed by atoms with Crippen LogP contribution in [-0.2, 0) is 4.79 Å². The summed E-state index contributed by atoms with van der Waals surface area (Å²) in [6.07, 6.45) is 4.07. The molecular weight excluding hydrogens is 467 g/mol. The van der Waals surface area contributed by atoms with E-state index in [1.165, 1.54) is 5.56 Å². The molecule has 2 N–H and O–H groups in total. The Morgan fingerprint density at radius 1 is 1.29 bits per heavy atom. The van der Waals surface area contributed by atoms with Crippen LogP contribution in [0.5, 0.6) is 5.75 Å². The molecule has 158 valence electrons. The minimum Gasteiger partial charge on any atom is -0.489 e. The third kappa shape index (κ3) is 6.83. The Morgan fingerprint density at radius 2 is 1.96 bits per heavy atom. The number of ether oxygens (including phenoxy) is 1. The summed E-state index contributed by atoms with van der Waals surface area (Å²) in [6.45, 7) is 5.31. The molecule has 7 heteroatoms. The van der Waals surface area contributed by atoms with Gasteiger partial charge in [-0.2, -0.15) is 0 Å². The fourth-order valence-electron chi connectivity index (χ4n) is 3.67. The number of nitrogens with zero attached hydrogens (tertiary/aromatic N) is 2. The average molecular weight is 502 g/mol. The summed E-state index contributed by atoms with van der Waals surface area (Å²) in [5.41, 5.74) is 0.864. The maximum atomic E-state index is 12.7. The van der Waals surface area contributed by atoms with E-state index >= 15 is 0 Å². The van der Waals surface area contributed by atoms with Gasteiger partial charge in [-0.3, -0.25) is 9.79 Å². The first-order chi connectivity index (χ1) is 12.9. The standard InChI is InChI=1S/C21H34N4O2.HI/c1-16-9-8-10-18(13-16)27-17(2)14-23-20(22-3)24-15-21(11-6-7-12-21)19(26)25(4)5;/h8-10,13,17H,6-7,11-12,14-15H2,1-5H3,(H2,22,23,24);1H. The summed E-state index contributed by atoms with van der Waals surface area (Å²) in [5.74, 6) is 1.78. The maximum absolute atomic E-state index is 12.7. The molecule has 1 amide bonds. The number of guanidine groups is 1. The number of hydrogen-bond acceptors (Lipinski definition) is 3. The predicted octanol–water partition coefficient (Wildman–Crippen LogP) is 3.19. The minimum atomic E-state index is -0.315. The van der Waals surface area contributed by atoms with Gasteiger partial charge in [0, 0.05) is 27.7 Å². The molecule has 0 heterocycles. The van der Waals surface area contributed by atoms with Gasteiger partial charge < -0.3 is 20.3 Å². The molecule has 0 bridgehead atoms. The van der Waals surface area contributed by atoms with E-state index in [1.807, 2.05) is 39.2 Å². The van der Waals surface area contributed by atoms with Crippen molar-refractivity contribution in [3.8, 4) is 5.75 Å². The smallest absolute Gasteiger partial charge is 0.230 e. The van der Waals surface area contributed by atoms with Crippen LogP contribution >= 0.6 is 24.0 Å². The van der Waals surface area contributed by atoms with Gasteiger partial charge in [0.25, 0.3) is 0 Å². The molecule has 1 atom stereocenters. The number of nitrogens with one attached hydrogen (secondary N) is 2. The van der Waals surface area contributed by atoms with Gasteiger partial charge in [0.15, 0.2) is 5.96 Å². The number of aryl methyl sites for hydroxylation is 1. The number of amides is 1. The normalized spacial score (nSPS) is 16.7. The number of aliphatic imine (C=N–C) groups is 1. The SMILES string of the molecule is CN=C(NCC(C)Oc1cccc(C)c1)NCC1(C(=O)N(C)C)CCCC1.I. The van der Waals surface area contributed by atoms with Crippen molar-refractivity contribution in [1.29, 1.82) is 0 Å². The molecule has 1 aliphatic carbocycles. The Balaban J connectivity index is 0.00000392. The van der Waals surface area contributed by atoms with Gasteiger partial charge in [-0.15, -0.1) is 24.0 Å². The molecule has 2 rings (SSSR count). The Bertz CT molecular complexity index is 658. The molecule has 0 aliphatic heterocycles. The molecule has 1 aliphatic rings. The van der Waals surface area contributed by atoms with Crippen LogP contribution in [0.25, 0.3) is 0 Å². The van der Waals surface area contributed by atoms with E-state index in [1.54, 1.807) is 11.9 Å². The monoisotopic (exact) mass is 502 g/mol. The first-order valence-corrected chi connectivity index (χ1v) is 9.76. The van der Waals surface area contributed by atoms with Gasteiger partial charge in [0.05, 0.1) is 12.0 Å². The number of hydrogen-bond donors (Lipinski definition) is 2. The van der Waals surface area contributed by atoms with Gasteiger partial charge in [-0.05, 0) is 44.4 Å². The lowest BCUT2D eigenvalue weighted by molar-refractivity contribution is -0.138. The predicted molar refractivity (Wildman–Crippen MR) is 126 cm³/mol. The molecule has 0 radical (unpaired) electrons. The second-order valence-corrected chi connectivity index (χ2v) is 7.74. The first-order valence-electron chi connectivity index (χ1n) is 9.76. The average Bonchev–Trinajstić information content (AvgIpc) is 3.11.